The van der Waals surface area contributed by atoms with E-state index in [1.807, 2.05) is 11.8 Å². The molecule has 18 heavy (non-hydrogen) atoms. The summed E-state index contributed by atoms with van der Waals surface area (Å²) in [6.45, 7) is 8.65. The SMILES string of the molecule is CCCC.CC[C@H]1SC2(CCN(C)CC2)NC1=O. The molecule has 1 spiro atoms. The first-order valence-corrected chi connectivity index (χ1v) is 8.13. The molecular formula is C14H28N2OS. The molecule has 0 aromatic rings. The van der Waals surface area contributed by atoms with E-state index in [9.17, 15) is 4.79 Å². The van der Waals surface area contributed by atoms with Gasteiger partial charge in [0.05, 0.1) is 10.1 Å². The standard InChI is InChI=1S/C10H18N2OS.C4H10/c1-3-8-9(13)11-10(14-8)4-6-12(2)7-5-10;1-3-4-2/h8H,3-7H2,1-2H3,(H,11,13);3-4H2,1-2H3/t8-;/m1./s1. The van der Waals surface area contributed by atoms with Gasteiger partial charge in [-0.15, -0.1) is 11.8 Å². The van der Waals surface area contributed by atoms with Crippen LogP contribution in [-0.2, 0) is 4.79 Å². The van der Waals surface area contributed by atoms with Gasteiger partial charge in [0.1, 0.15) is 0 Å². The van der Waals surface area contributed by atoms with Crippen molar-refractivity contribution in [3.8, 4) is 0 Å². The first kappa shape index (κ1) is 15.8. The molecule has 0 bridgehead atoms. The Balaban J connectivity index is 0.000000357. The molecular weight excluding hydrogens is 244 g/mol. The Morgan fingerprint density at radius 3 is 2.22 bits per heavy atom. The number of hydrogen-bond acceptors (Lipinski definition) is 3. The molecule has 2 heterocycles. The maximum Gasteiger partial charge on any atom is 0.234 e. The number of nitrogens with zero attached hydrogens (tertiary/aromatic N) is 1. The zero-order valence-electron chi connectivity index (χ0n) is 12.3. The molecule has 0 radical (unpaired) electrons. The van der Waals surface area contributed by atoms with Crippen molar-refractivity contribution < 1.29 is 4.79 Å². The van der Waals surface area contributed by atoms with E-state index in [0.29, 0.717) is 0 Å². The maximum atomic E-state index is 11.6. The highest BCUT2D eigenvalue weighted by Gasteiger charge is 2.45. The first-order chi connectivity index (χ1) is 8.56. The van der Waals surface area contributed by atoms with Crippen molar-refractivity contribution in [2.75, 3.05) is 20.1 Å². The van der Waals surface area contributed by atoms with Gasteiger partial charge in [0.2, 0.25) is 5.91 Å². The summed E-state index contributed by atoms with van der Waals surface area (Å²) in [5, 5.41) is 3.38. The van der Waals surface area contributed by atoms with Crippen LogP contribution in [0.2, 0.25) is 0 Å². The van der Waals surface area contributed by atoms with Crippen molar-refractivity contribution in [3.63, 3.8) is 0 Å². The molecule has 2 aliphatic heterocycles. The summed E-state index contributed by atoms with van der Waals surface area (Å²) in [6, 6.07) is 0. The predicted molar refractivity (Wildman–Crippen MR) is 79.9 cm³/mol. The molecule has 2 aliphatic rings. The van der Waals surface area contributed by atoms with Crippen molar-refractivity contribution in [2.24, 2.45) is 0 Å². The number of nitrogens with one attached hydrogen (secondary N) is 1. The lowest BCUT2D eigenvalue weighted by Crippen LogP contribution is -2.48. The summed E-state index contributed by atoms with van der Waals surface area (Å²) in [7, 11) is 2.14. The van der Waals surface area contributed by atoms with Crippen molar-refractivity contribution in [1.82, 2.24) is 10.2 Å². The lowest BCUT2D eigenvalue weighted by molar-refractivity contribution is -0.120. The number of hydrogen-bond donors (Lipinski definition) is 1. The normalized spacial score (nSPS) is 26.7. The van der Waals surface area contributed by atoms with Crippen molar-refractivity contribution in [2.45, 2.75) is 63.0 Å². The van der Waals surface area contributed by atoms with Crippen LogP contribution in [0.15, 0.2) is 0 Å². The van der Waals surface area contributed by atoms with E-state index in [1.54, 1.807) is 0 Å². The fourth-order valence-corrected chi connectivity index (χ4v) is 3.61. The molecule has 4 heteroatoms. The topological polar surface area (TPSA) is 32.3 Å². The van der Waals surface area contributed by atoms with E-state index in [0.717, 1.165) is 32.4 Å². The van der Waals surface area contributed by atoms with Crippen LogP contribution in [0.1, 0.15) is 52.9 Å². The van der Waals surface area contributed by atoms with Gasteiger partial charge in [-0.1, -0.05) is 33.6 Å². The Morgan fingerprint density at radius 2 is 1.83 bits per heavy atom. The Kier molecular flexibility index (Phi) is 6.50. The van der Waals surface area contributed by atoms with Gasteiger partial charge in [0.15, 0.2) is 0 Å². The third kappa shape index (κ3) is 4.16. The Bertz CT molecular complexity index is 261. The molecule has 1 atom stereocenters. The van der Waals surface area contributed by atoms with Crippen LogP contribution in [-0.4, -0.2) is 41.1 Å². The van der Waals surface area contributed by atoms with E-state index in [4.69, 9.17) is 0 Å². The molecule has 1 N–H and O–H groups in total. The number of carbonyl (C=O) groups is 1. The number of piperidine rings is 1. The summed E-state index contributed by atoms with van der Waals surface area (Å²) < 4.78 is 0. The highest BCUT2D eigenvalue weighted by atomic mass is 32.2. The minimum Gasteiger partial charge on any atom is -0.341 e. The summed E-state index contributed by atoms with van der Waals surface area (Å²) >= 11 is 1.86. The molecule has 106 valence electrons. The Labute approximate surface area is 116 Å². The second-order valence-corrected chi connectivity index (χ2v) is 6.89. The van der Waals surface area contributed by atoms with Gasteiger partial charge >= 0.3 is 0 Å². The van der Waals surface area contributed by atoms with Crippen LogP contribution in [0.5, 0.6) is 0 Å². The van der Waals surface area contributed by atoms with Crippen LogP contribution in [0.3, 0.4) is 0 Å². The molecule has 0 aromatic heterocycles. The van der Waals surface area contributed by atoms with Gasteiger partial charge in [-0.25, -0.2) is 0 Å². The number of rotatable bonds is 2. The van der Waals surface area contributed by atoms with Gasteiger partial charge < -0.3 is 10.2 Å². The third-order valence-electron chi connectivity index (χ3n) is 3.68. The molecule has 0 saturated carbocycles. The van der Waals surface area contributed by atoms with Crippen LogP contribution in [0.25, 0.3) is 0 Å². The Morgan fingerprint density at radius 1 is 1.28 bits per heavy atom. The summed E-state index contributed by atoms with van der Waals surface area (Å²) in [5.74, 6) is 0.252. The first-order valence-electron chi connectivity index (χ1n) is 7.25. The van der Waals surface area contributed by atoms with Gasteiger partial charge in [-0.2, -0.15) is 0 Å². The smallest absolute Gasteiger partial charge is 0.234 e. The number of unbranched alkanes of at least 4 members (excludes halogenated alkanes) is 1. The number of carbonyl (C=O) groups excluding carboxylic acids is 1. The molecule has 0 aromatic carbocycles. The molecule has 2 saturated heterocycles. The summed E-state index contributed by atoms with van der Waals surface area (Å²) in [5.41, 5.74) is 0. The number of likely N-dealkylation sites (tertiary alicyclic amines) is 1. The van der Waals surface area contributed by atoms with E-state index >= 15 is 0 Å². The van der Waals surface area contributed by atoms with E-state index < -0.39 is 0 Å². The van der Waals surface area contributed by atoms with E-state index in [2.05, 4.69) is 38.0 Å². The summed E-state index contributed by atoms with van der Waals surface area (Å²) in [4.78, 5) is 14.0. The highest BCUT2D eigenvalue weighted by Crippen LogP contribution is 2.41. The molecule has 2 fully saturated rings. The van der Waals surface area contributed by atoms with E-state index in [-0.39, 0.29) is 16.0 Å². The van der Waals surface area contributed by atoms with Crippen molar-refractivity contribution in [3.05, 3.63) is 0 Å². The predicted octanol–water partition coefficient (Wildman–Crippen LogP) is 2.86. The zero-order chi connectivity index (χ0) is 13.6. The van der Waals surface area contributed by atoms with E-state index in [1.165, 1.54) is 12.8 Å². The minimum absolute atomic E-state index is 0.0737. The lowest BCUT2D eigenvalue weighted by Gasteiger charge is -2.36. The molecule has 2 rings (SSSR count). The average Bonchev–Trinajstić information content (AvgIpc) is 2.70. The fourth-order valence-electron chi connectivity index (χ4n) is 2.15. The van der Waals surface area contributed by atoms with Crippen LogP contribution >= 0.6 is 11.8 Å². The second kappa shape index (κ2) is 7.39. The van der Waals surface area contributed by atoms with Gasteiger partial charge in [0.25, 0.3) is 0 Å². The van der Waals surface area contributed by atoms with Gasteiger partial charge in [0, 0.05) is 13.1 Å². The van der Waals surface area contributed by atoms with Crippen LogP contribution < -0.4 is 5.32 Å². The third-order valence-corrected chi connectivity index (χ3v) is 5.47. The monoisotopic (exact) mass is 272 g/mol. The number of amides is 1. The molecule has 0 aliphatic carbocycles. The molecule has 3 nitrogen and oxygen atoms in total. The maximum absolute atomic E-state index is 11.6. The fraction of sp³-hybridized carbons (Fsp3) is 0.929. The van der Waals surface area contributed by atoms with Gasteiger partial charge in [-0.3, -0.25) is 4.79 Å². The average molecular weight is 272 g/mol. The van der Waals surface area contributed by atoms with Crippen molar-refractivity contribution >= 4 is 17.7 Å². The molecule has 0 unspecified atom stereocenters. The zero-order valence-corrected chi connectivity index (χ0v) is 13.1. The van der Waals surface area contributed by atoms with Crippen LogP contribution in [0.4, 0.5) is 0 Å². The minimum atomic E-state index is 0.0737. The summed E-state index contributed by atoms with van der Waals surface area (Å²) in [6.07, 6.45) is 5.78. The molecule has 1 amide bonds. The Hall–Kier alpha value is -0.220. The highest BCUT2D eigenvalue weighted by molar-refractivity contribution is 8.02. The van der Waals surface area contributed by atoms with Crippen molar-refractivity contribution in [1.29, 1.82) is 0 Å². The van der Waals surface area contributed by atoms with Crippen LogP contribution in [0, 0.1) is 0 Å². The number of thioether (sulfide) groups is 1. The van der Waals surface area contributed by atoms with Gasteiger partial charge in [-0.05, 0) is 26.3 Å². The quantitative estimate of drug-likeness (QED) is 0.839. The lowest BCUT2D eigenvalue weighted by atomic mass is 10.0. The second-order valence-electron chi connectivity index (χ2n) is 5.30. The largest absolute Gasteiger partial charge is 0.341 e.